The van der Waals surface area contributed by atoms with Crippen LogP contribution in [0.25, 0.3) is 11.2 Å². The molecule has 1 atom stereocenters. The van der Waals surface area contributed by atoms with Crippen LogP contribution in [0, 0.1) is 0 Å². The number of fused-ring (bicyclic) bond motifs is 1. The summed E-state index contributed by atoms with van der Waals surface area (Å²) in [6.07, 6.45) is 0.965. The molecule has 2 aromatic heterocycles. The number of aliphatic hydroxyl groups excluding tert-OH is 1. The van der Waals surface area contributed by atoms with Gasteiger partial charge in [-0.1, -0.05) is 37.1 Å². The highest BCUT2D eigenvalue weighted by molar-refractivity contribution is 6.32. The maximum Gasteiger partial charge on any atom is 0.332 e. The van der Waals surface area contributed by atoms with Crippen LogP contribution < -0.4 is 21.3 Å². The van der Waals surface area contributed by atoms with Crippen molar-refractivity contribution in [3.8, 4) is 5.75 Å². The molecule has 0 aliphatic rings. The minimum atomic E-state index is -0.938. The van der Waals surface area contributed by atoms with Gasteiger partial charge in [0.15, 0.2) is 11.2 Å². The number of aromatic nitrogens is 4. The number of nitrogens with one attached hydrogen (secondary N) is 1. The molecule has 10 heteroatoms. The topological polar surface area (TPSA) is 103 Å². The predicted molar refractivity (Wildman–Crippen MR) is 117 cm³/mol. The Morgan fingerprint density at radius 3 is 2.67 bits per heavy atom. The third-order valence-electron chi connectivity index (χ3n) is 4.82. The largest absolute Gasteiger partial charge is 0.489 e. The summed E-state index contributed by atoms with van der Waals surface area (Å²) >= 11 is 6.09. The van der Waals surface area contributed by atoms with Gasteiger partial charge < -0.3 is 19.7 Å². The summed E-state index contributed by atoms with van der Waals surface area (Å²) < 4.78 is 9.58. The van der Waals surface area contributed by atoms with Gasteiger partial charge in [-0.3, -0.25) is 13.9 Å². The van der Waals surface area contributed by atoms with Crippen molar-refractivity contribution in [3.63, 3.8) is 0 Å². The van der Waals surface area contributed by atoms with Gasteiger partial charge in [0.1, 0.15) is 18.5 Å². The highest BCUT2D eigenvalue weighted by atomic mass is 35.5. The Labute approximate surface area is 178 Å². The van der Waals surface area contributed by atoms with E-state index in [2.05, 4.69) is 17.2 Å². The number of hydrogen-bond donors (Lipinski definition) is 2. The number of rotatable bonds is 9. The van der Waals surface area contributed by atoms with Crippen molar-refractivity contribution in [1.82, 2.24) is 18.7 Å². The van der Waals surface area contributed by atoms with Crippen molar-refractivity contribution in [2.75, 3.05) is 18.5 Å². The van der Waals surface area contributed by atoms with Crippen LogP contribution in [-0.4, -0.2) is 43.0 Å². The minimum Gasteiger partial charge on any atom is -0.489 e. The molecule has 0 bridgehead atoms. The highest BCUT2D eigenvalue weighted by Gasteiger charge is 2.21. The first kappa shape index (κ1) is 21.9. The van der Waals surface area contributed by atoms with E-state index in [1.54, 1.807) is 35.9 Å². The van der Waals surface area contributed by atoms with Crippen molar-refractivity contribution in [3.05, 3.63) is 50.1 Å². The summed E-state index contributed by atoms with van der Waals surface area (Å²) in [7, 11) is 2.98. The monoisotopic (exact) mass is 435 g/mol. The number of hydrogen-bond acceptors (Lipinski definition) is 6. The number of nitrogens with zero attached hydrogens (tertiary/aromatic N) is 4. The fourth-order valence-corrected chi connectivity index (χ4v) is 3.34. The zero-order valence-corrected chi connectivity index (χ0v) is 18.0. The van der Waals surface area contributed by atoms with Crippen molar-refractivity contribution in [2.24, 2.45) is 14.1 Å². The highest BCUT2D eigenvalue weighted by Crippen LogP contribution is 2.23. The second-order valence-electron chi connectivity index (χ2n) is 7.10. The first-order valence-corrected chi connectivity index (χ1v) is 10.2. The fraction of sp³-hybridized carbons (Fsp3) is 0.450. The predicted octanol–water partition coefficient (Wildman–Crippen LogP) is 1.74. The number of anilines is 1. The molecule has 3 rings (SSSR count). The molecule has 0 amide bonds. The van der Waals surface area contributed by atoms with Crippen LogP contribution in [0.3, 0.4) is 0 Å². The van der Waals surface area contributed by atoms with E-state index >= 15 is 0 Å². The summed E-state index contributed by atoms with van der Waals surface area (Å²) in [5.41, 5.74) is -0.417. The summed E-state index contributed by atoms with van der Waals surface area (Å²) in [5.74, 6) is 0.891. The minimum absolute atomic E-state index is 0.0239. The van der Waals surface area contributed by atoms with Crippen molar-refractivity contribution in [1.29, 1.82) is 0 Å². The molecule has 0 aliphatic heterocycles. The van der Waals surface area contributed by atoms with Gasteiger partial charge in [0.25, 0.3) is 5.56 Å². The van der Waals surface area contributed by atoms with Crippen LogP contribution in [0.2, 0.25) is 5.02 Å². The van der Waals surface area contributed by atoms with Gasteiger partial charge in [-0.2, -0.15) is 4.98 Å². The number of benzene rings is 1. The van der Waals surface area contributed by atoms with Gasteiger partial charge in [-0.15, -0.1) is 0 Å². The Bertz CT molecular complexity index is 1150. The van der Waals surface area contributed by atoms with E-state index in [4.69, 9.17) is 16.3 Å². The molecule has 0 saturated heterocycles. The number of halogens is 1. The average Bonchev–Trinajstić information content (AvgIpc) is 3.08. The lowest BCUT2D eigenvalue weighted by molar-refractivity contribution is 0.0938. The third kappa shape index (κ3) is 4.36. The van der Waals surface area contributed by atoms with E-state index in [0.29, 0.717) is 23.3 Å². The lowest BCUT2D eigenvalue weighted by Gasteiger charge is -2.16. The lowest BCUT2D eigenvalue weighted by atomic mass is 10.3. The van der Waals surface area contributed by atoms with E-state index in [1.165, 1.54) is 11.6 Å². The molecule has 162 valence electrons. The van der Waals surface area contributed by atoms with Gasteiger partial charge in [0.05, 0.1) is 11.6 Å². The van der Waals surface area contributed by atoms with Gasteiger partial charge in [-0.25, -0.2) is 4.79 Å². The second kappa shape index (κ2) is 9.36. The lowest BCUT2D eigenvalue weighted by Crippen LogP contribution is -2.38. The number of para-hydroxylation sites is 1. The zero-order valence-electron chi connectivity index (χ0n) is 17.3. The number of ether oxygens (including phenoxy) is 1. The molecule has 2 N–H and O–H groups in total. The number of imidazole rings is 1. The van der Waals surface area contributed by atoms with Crippen LogP contribution in [0.1, 0.15) is 19.8 Å². The maximum absolute atomic E-state index is 12.8. The zero-order chi connectivity index (χ0) is 21.8. The standard InChI is InChI=1S/C20H26ClN5O4/c1-4-5-10-22-19-23-17-16(18(28)25(3)20(29)24(17)2)26(19)11-13(27)12-30-15-9-7-6-8-14(15)21/h6-9,13,27H,4-5,10-12H2,1-3H3,(H,22,23). The molecule has 0 fully saturated rings. The Morgan fingerprint density at radius 2 is 1.97 bits per heavy atom. The molecular weight excluding hydrogens is 410 g/mol. The molecule has 0 aliphatic carbocycles. The van der Waals surface area contributed by atoms with E-state index in [1.807, 2.05) is 0 Å². The molecule has 1 aromatic carbocycles. The Kier molecular flexibility index (Phi) is 6.84. The van der Waals surface area contributed by atoms with Crippen molar-refractivity contribution >= 4 is 28.7 Å². The molecule has 0 radical (unpaired) electrons. The summed E-state index contributed by atoms with van der Waals surface area (Å²) in [6.45, 7) is 2.76. The smallest absolute Gasteiger partial charge is 0.332 e. The van der Waals surface area contributed by atoms with Crippen LogP contribution >= 0.6 is 11.6 Å². The van der Waals surface area contributed by atoms with E-state index in [0.717, 1.165) is 17.4 Å². The van der Waals surface area contributed by atoms with Crippen LogP contribution in [0.15, 0.2) is 33.9 Å². The van der Waals surface area contributed by atoms with E-state index in [-0.39, 0.29) is 24.3 Å². The fourth-order valence-electron chi connectivity index (χ4n) is 3.15. The van der Waals surface area contributed by atoms with Crippen molar-refractivity contribution in [2.45, 2.75) is 32.4 Å². The Balaban J connectivity index is 1.93. The van der Waals surface area contributed by atoms with Gasteiger partial charge >= 0.3 is 5.69 Å². The Morgan fingerprint density at radius 1 is 1.23 bits per heavy atom. The van der Waals surface area contributed by atoms with Gasteiger partial charge in [0, 0.05) is 20.6 Å². The summed E-state index contributed by atoms with van der Waals surface area (Å²) in [6, 6.07) is 6.99. The van der Waals surface area contributed by atoms with E-state index in [9.17, 15) is 14.7 Å². The number of unbranched alkanes of at least 4 members (excludes halogenated alkanes) is 1. The van der Waals surface area contributed by atoms with E-state index < -0.39 is 17.4 Å². The quantitative estimate of drug-likeness (QED) is 0.496. The normalized spacial score (nSPS) is 12.3. The molecule has 1 unspecified atom stereocenters. The molecule has 9 nitrogen and oxygen atoms in total. The molecule has 3 aromatic rings. The number of aliphatic hydroxyl groups is 1. The first-order valence-electron chi connectivity index (χ1n) is 9.80. The van der Waals surface area contributed by atoms with Crippen LogP contribution in [0.5, 0.6) is 5.75 Å². The van der Waals surface area contributed by atoms with Crippen molar-refractivity contribution < 1.29 is 9.84 Å². The molecule has 0 saturated carbocycles. The van der Waals surface area contributed by atoms with Crippen LogP contribution in [0.4, 0.5) is 5.95 Å². The van der Waals surface area contributed by atoms with Crippen LogP contribution in [-0.2, 0) is 20.6 Å². The molecule has 0 spiro atoms. The molecule has 30 heavy (non-hydrogen) atoms. The SMILES string of the molecule is CCCCNc1nc2c(c(=O)n(C)c(=O)n2C)n1CC(O)COc1ccccc1Cl. The summed E-state index contributed by atoms with van der Waals surface area (Å²) in [4.78, 5) is 29.5. The maximum atomic E-state index is 12.8. The Hall–Kier alpha value is -2.78. The number of aryl methyl sites for hydroxylation is 1. The average molecular weight is 436 g/mol. The summed E-state index contributed by atoms with van der Waals surface area (Å²) in [5, 5.41) is 14.2. The second-order valence-corrected chi connectivity index (χ2v) is 7.51. The van der Waals surface area contributed by atoms with Gasteiger partial charge in [-0.05, 0) is 18.6 Å². The van der Waals surface area contributed by atoms with Gasteiger partial charge in [0.2, 0.25) is 5.95 Å². The molecule has 2 heterocycles. The molecular formula is C20H26ClN5O4. The third-order valence-corrected chi connectivity index (χ3v) is 5.13. The first-order chi connectivity index (χ1) is 14.3.